The molecule has 20 heavy (non-hydrogen) atoms. The maximum absolute atomic E-state index is 11.9. The molecule has 108 valence electrons. The van der Waals surface area contributed by atoms with Gasteiger partial charge in [-0.15, -0.1) is 0 Å². The maximum Gasteiger partial charge on any atom is 0.238 e. The highest BCUT2D eigenvalue weighted by Gasteiger charge is 2.23. The molecule has 1 aliphatic heterocycles. The van der Waals surface area contributed by atoms with E-state index in [0.717, 1.165) is 17.7 Å². The molecule has 1 saturated heterocycles. The topological polar surface area (TPSA) is 79.5 Å². The summed E-state index contributed by atoms with van der Waals surface area (Å²) in [6.07, 6.45) is 0.738. The van der Waals surface area contributed by atoms with E-state index in [4.69, 9.17) is 4.74 Å². The predicted molar refractivity (Wildman–Crippen MR) is 74.5 cm³/mol. The van der Waals surface area contributed by atoms with Crippen LogP contribution in [0.3, 0.4) is 0 Å². The summed E-state index contributed by atoms with van der Waals surface area (Å²) < 4.78 is 5.15. The summed E-state index contributed by atoms with van der Waals surface area (Å²) in [5, 5.41) is 8.41. The van der Waals surface area contributed by atoms with Gasteiger partial charge >= 0.3 is 0 Å². The number of benzene rings is 1. The molecule has 1 unspecified atom stereocenters. The molecule has 1 aliphatic rings. The molecule has 0 radical (unpaired) electrons. The second-order valence-corrected chi connectivity index (χ2v) is 4.63. The number of hydrogen-bond acceptors (Lipinski definition) is 4. The van der Waals surface area contributed by atoms with Crippen molar-refractivity contribution in [2.75, 3.05) is 26.7 Å². The van der Waals surface area contributed by atoms with E-state index in [1.54, 1.807) is 7.11 Å². The lowest BCUT2D eigenvalue weighted by Gasteiger charge is -2.23. The average Bonchev–Trinajstić information content (AvgIpc) is 2.48. The van der Waals surface area contributed by atoms with E-state index in [2.05, 4.69) is 16.0 Å². The predicted octanol–water partition coefficient (Wildman–Crippen LogP) is -0.558. The molecular weight excluding hydrogens is 258 g/mol. The fourth-order valence-corrected chi connectivity index (χ4v) is 2.03. The van der Waals surface area contributed by atoms with Gasteiger partial charge in [-0.1, -0.05) is 12.1 Å². The fourth-order valence-electron chi connectivity index (χ4n) is 2.03. The summed E-state index contributed by atoms with van der Waals surface area (Å²) >= 11 is 0. The number of amides is 2. The van der Waals surface area contributed by atoms with E-state index >= 15 is 0 Å². The second kappa shape index (κ2) is 6.91. The van der Waals surface area contributed by atoms with Gasteiger partial charge in [0.15, 0.2) is 0 Å². The van der Waals surface area contributed by atoms with Crippen LogP contribution in [-0.4, -0.2) is 44.6 Å². The third-order valence-corrected chi connectivity index (χ3v) is 3.18. The Labute approximate surface area is 117 Å². The van der Waals surface area contributed by atoms with Gasteiger partial charge in [0.25, 0.3) is 0 Å². The minimum atomic E-state index is -0.349. The van der Waals surface area contributed by atoms with Crippen molar-refractivity contribution in [3.63, 3.8) is 0 Å². The van der Waals surface area contributed by atoms with Crippen LogP contribution in [-0.2, 0) is 16.0 Å². The number of carbonyl (C=O) groups is 2. The molecule has 3 N–H and O–H groups in total. The Morgan fingerprint density at radius 1 is 1.50 bits per heavy atom. The summed E-state index contributed by atoms with van der Waals surface area (Å²) in [4.78, 5) is 22.8. The van der Waals surface area contributed by atoms with E-state index in [1.165, 1.54) is 0 Å². The fraction of sp³-hybridized carbons (Fsp3) is 0.429. The lowest BCUT2D eigenvalue weighted by molar-refractivity contribution is -0.126. The Morgan fingerprint density at radius 3 is 3.05 bits per heavy atom. The highest BCUT2D eigenvalue weighted by molar-refractivity contribution is 5.86. The zero-order valence-corrected chi connectivity index (χ0v) is 11.4. The molecular formula is C14H19N3O3. The van der Waals surface area contributed by atoms with E-state index in [1.807, 2.05) is 24.3 Å². The summed E-state index contributed by atoms with van der Waals surface area (Å²) in [5.74, 6) is 0.642. The van der Waals surface area contributed by atoms with Crippen LogP contribution >= 0.6 is 0 Å². The highest BCUT2D eigenvalue weighted by atomic mass is 16.5. The maximum atomic E-state index is 11.9. The molecule has 0 spiro atoms. The first-order valence-electron chi connectivity index (χ1n) is 6.60. The van der Waals surface area contributed by atoms with Crippen molar-refractivity contribution in [3.8, 4) is 5.75 Å². The molecule has 0 bridgehead atoms. The quantitative estimate of drug-likeness (QED) is 0.674. The SMILES string of the molecule is COc1cccc(CCNC(=O)C2CNC(=O)CN2)c1. The van der Waals surface area contributed by atoms with Crippen molar-refractivity contribution < 1.29 is 14.3 Å². The average molecular weight is 277 g/mol. The number of piperazine rings is 1. The Morgan fingerprint density at radius 2 is 2.35 bits per heavy atom. The minimum Gasteiger partial charge on any atom is -0.497 e. The van der Waals surface area contributed by atoms with Crippen molar-refractivity contribution in [1.29, 1.82) is 0 Å². The number of methoxy groups -OCH3 is 1. The van der Waals surface area contributed by atoms with Gasteiger partial charge in [0, 0.05) is 13.1 Å². The number of carbonyl (C=O) groups excluding carboxylic acids is 2. The van der Waals surface area contributed by atoms with Crippen LogP contribution in [0.4, 0.5) is 0 Å². The van der Waals surface area contributed by atoms with Gasteiger partial charge in [-0.05, 0) is 24.1 Å². The molecule has 1 atom stereocenters. The summed E-state index contributed by atoms with van der Waals surface area (Å²) in [5.41, 5.74) is 1.11. The first kappa shape index (κ1) is 14.3. The molecule has 1 aromatic carbocycles. The van der Waals surface area contributed by atoms with Crippen LogP contribution in [0, 0.1) is 0 Å². The van der Waals surface area contributed by atoms with Crippen molar-refractivity contribution in [2.45, 2.75) is 12.5 Å². The van der Waals surface area contributed by atoms with Gasteiger partial charge in [-0.25, -0.2) is 0 Å². The van der Waals surface area contributed by atoms with Gasteiger partial charge in [0.05, 0.1) is 13.7 Å². The number of hydrogen-bond donors (Lipinski definition) is 3. The normalized spacial score (nSPS) is 18.2. The summed E-state index contributed by atoms with van der Waals surface area (Å²) in [6.45, 7) is 1.08. The van der Waals surface area contributed by atoms with Crippen LogP contribution in [0.5, 0.6) is 5.75 Å². The number of rotatable bonds is 5. The molecule has 6 nitrogen and oxygen atoms in total. The molecule has 0 saturated carbocycles. The van der Waals surface area contributed by atoms with E-state index in [9.17, 15) is 9.59 Å². The third-order valence-electron chi connectivity index (χ3n) is 3.18. The van der Waals surface area contributed by atoms with Crippen LogP contribution < -0.4 is 20.7 Å². The van der Waals surface area contributed by atoms with Gasteiger partial charge in [0.1, 0.15) is 11.8 Å². The highest BCUT2D eigenvalue weighted by Crippen LogP contribution is 2.12. The van der Waals surface area contributed by atoms with E-state index in [-0.39, 0.29) is 24.4 Å². The molecule has 0 aromatic heterocycles. The Balaban J connectivity index is 1.74. The molecule has 2 amide bonds. The van der Waals surface area contributed by atoms with Gasteiger partial charge in [-0.3, -0.25) is 14.9 Å². The van der Waals surface area contributed by atoms with Crippen molar-refractivity contribution in [3.05, 3.63) is 29.8 Å². The van der Waals surface area contributed by atoms with Gasteiger partial charge < -0.3 is 15.4 Å². The van der Waals surface area contributed by atoms with E-state index < -0.39 is 0 Å². The monoisotopic (exact) mass is 277 g/mol. The van der Waals surface area contributed by atoms with Crippen molar-refractivity contribution in [2.24, 2.45) is 0 Å². The number of nitrogens with one attached hydrogen (secondary N) is 3. The Hall–Kier alpha value is -2.08. The second-order valence-electron chi connectivity index (χ2n) is 4.63. The lowest BCUT2D eigenvalue weighted by Crippen LogP contribution is -2.58. The minimum absolute atomic E-state index is 0.0783. The number of ether oxygens (including phenoxy) is 1. The standard InChI is InChI=1S/C14H19N3O3/c1-20-11-4-2-3-10(7-11)5-6-15-14(19)12-8-17-13(18)9-16-12/h2-4,7,12,16H,5-6,8-9H2,1H3,(H,15,19)(H,17,18). The first-order chi connectivity index (χ1) is 9.69. The largest absolute Gasteiger partial charge is 0.497 e. The molecule has 0 aliphatic carbocycles. The smallest absolute Gasteiger partial charge is 0.238 e. The Bertz CT molecular complexity index is 480. The lowest BCUT2D eigenvalue weighted by atomic mass is 10.1. The first-order valence-corrected chi connectivity index (χ1v) is 6.60. The van der Waals surface area contributed by atoms with Crippen LogP contribution in [0.25, 0.3) is 0 Å². The van der Waals surface area contributed by atoms with Crippen LogP contribution in [0.15, 0.2) is 24.3 Å². The third kappa shape index (κ3) is 3.96. The van der Waals surface area contributed by atoms with Crippen LogP contribution in [0.2, 0.25) is 0 Å². The summed E-state index contributed by atoms with van der Waals surface area (Å²) in [6, 6.07) is 7.40. The summed E-state index contributed by atoms with van der Waals surface area (Å²) in [7, 11) is 1.63. The van der Waals surface area contributed by atoms with Gasteiger partial charge in [-0.2, -0.15) is 0 Å². The zero-order valence-electron chi connectivity index (χ0n) is 11.4. The van der Waals surface area contributed by atoms with Crippen LogP contribution in [0.1, 0.15) is 5.56 Å². The van der Waals surface area contributed by atoms with Gasteiger partial charge in [0.2, 0.25) is 11.8 Å². The van der Waals surface area contributed by atoms with Crippen molar-refractivity contribution in [1.82, 2.24) is 16.0 Å². The molecule has 6 heteroatoms. The van der Waals surface area contributed by atoms with E-state index in [0.29, 0.717) is 13.1 Å². The van der Waals surface area contributed by atoms with Crippen molar-refractivity contribution >= 4 is 11.8 Å². The molecule has 1 fully saturated rings. The molecule has 2 rings (SSSR count). The molecule has 1 aromatic rings. The molecule has 1 heterocycles. The zero-order chi connectivity index (χ0) is 14.4. The Kier molecular flexibility index (Phi) is 4.95.